The quantitative estimate of drug-likeness (QED) is 0.830. The first-order valence-electron chi connectivity index (χ1n) is 7.19. The molecular weight excluding hydrogens is 252 g/mol. The van der Waals surface area contributed by atoms with Gasteiger partial charge in [-0.2, -0.15) is 0 Å². The fraction of sp³-hybridized carbons (Fsp3) is 0.733. The van der Waals surface area contributed by atoms with E-state index in [1.165, 1.54) is 0 Å². The molecule has 20 heavy (non-hydrogen) atoms. The van der Waals surface area contributed by atoms with Crippen molar-refractivity contribution < 1.29 is 4.74 Å². The van der Waals surface area contributed by atoms with E-state index in [2.05, 4.69) is 54.8 Å². The molecule has 0 spiro atoms. The molecule has 1 heterocycles. The maximum atomic E-state index is 5.20. The number of nitrogens with one attached hydrogen (secondary N) is 1. The lowest BCUT2D eigenvalue weighted by molar-refractivity contribution is 0.181. The van der Waals surface area contributed by atoms with Crippen LogP contribution in [0.1, 0.15) is 40.2 Å². The molecule has 1 aromatic rings. The highest BCUT2D eigenvalue weighted by molar-refractivity contribution is 5.31. The molecule has 0 saturated heterocycles. The van der Waals surface area contributed by atoms with Gasteiger partial charge in [-0.05, 0) is 34.6 Å². The average Bonchev–Trinajstić information content (AvgIpc) is 2.38. The summed E-state index contributed by atoms with van der Waals surface area (Å²) in [5, 5.41) is 3.43. The van der Waals surface area contributed by atoms with Gasteiger partial charge in [0.2, 0.25) is 5.95 Å². The fourth-order valence-corrected chi connectivity index (χ4v) is 1.94. The SMILES string of the molecule is CCN(c1ncc(CNC(C)(C)C)cn1)C(C)COC. The van der Waals surface area contributed by atoms with Crippen molar-refractivity contribution in [1.29, 1.82) is 0 Å². The molecule has 1 unspecified atom stereocenters. The largest absolute Gasteiger partial charge is 0.383 e. The van der Waals surface area contributed by atoms with Crippen LogP contribution in [0.3, 0.4) is 0 Å². The van der Waals surface area contributed by atoms with Crippen molar-refractivity contribution >= 4 is 5.95 Å². The summed E-state index contributed by atoms with van der Waals surface area (Å²) in [6.07, 6.45) is 3.78. The minimum Gasteiger partial charge on any atom is -0.383 e. The standard InChI is InChI=1S/C15H28N4O/c1-7-19(12(2)11-20-6)14-16-8-13(9-17-14)10-18-15(3,4)5/h8-9,12,18H,7,10-11H2,1-6H3. The highest BCUT2D eigenvalue weighted by Gasteiger charge is 2.15. The van der Waals surface area contributed by atoms with Crippen LogP contribution in [0.5, 0.6) is 0 Å². The Hall–Kier alpha value is -1.20. The minimum atomic E-state index is 0.0983. The summed E-state index contributed by atoms with van der Waals surface area (Å²) in [7, 11) is 1.71. The Kier molecular flexibility index (Phi) is 6.36. The first-order chi connectivity index (χ1) is 9.37. The van der Waals surface area contributed by atoms with Crippen molar-refractivity contribution in [3.63, 3.8) is 0 Å². The molecule has 5 heteroatoms. The average molecular weight is 280 g/mol. The fourth-order valence-electron chi connectivity index (χ4n) is 1.94. The van der Waals surface area contributed by atoms with Crippen molar-refractivity contribution in [3.8, 4) is 0 Å². The summed E-state index contributed by atoms with van der Waals surface area (Å²) >= 11 is 0. The van der Waals surface area contributed by atoms with Crippen LogP contribution in [0, 0.1) is 0 Å². The number of hydrogen-bond donors (Lipinski definition) is 1. The predicted molar refractivity (Wildman–Crippen MR) is 83.0 cm³/mol. The molecule has 0 aromatic carbocycles. The Morgan fingerprint density at radius 1 is 1.30 bits per heavy atom. The topological polar surface area (TPSA) is 50.3 Å². The number of aromatic nitrogens is 2. The molecule has 114 valence electrons. The third-order valence-corrected chi connectivity index (χ3v) is 3.05. The molecule has 1 N–H and O–H groups in total. The van der Waals surface area contributed by atoms with Gasteiger partial charge in [-0.3, -0.25) is 0 Å². The summed E-state index contributed by atoms with van der Waals surface area (Å²) in [4.78, 5) is 11.1. The number of likely N-dealkylation sites (N-methyl/N-ethyl adjacent to an activating group) is 1. The molecule has 1 atom stereocenters. The number of methoxy groups -OCH3 is 1. The van der Waals surface area contributed by atoms with Gasteiger partial charge in [-0.25, -0.2) is 9.97 Å². The Bertz CT molecular complexity index is 386. The summed E-state index contributed by atoms with van der Waals surface area (Å²) in [5.74, 6) is 0.761. The van der Waals surface area contributed by atoms with Crippen molar-refractivity contribution in [2.75, 3.05) is 25.2 Å². The number of ether oxygens (including phenoxy) is 1. The Balaban J connectivity index is 2.69. The van der Waals surface area contributed by atoms with E-state index in [4.69, 9.17) is 4.74 Å². The lowest BCUT2D eigenvalue weighted by atomic mass is 10.1. The van der Waals surface area contributed by atoms with Gasteiger partial charge in [0.1, 0.15) is 0 Å². The summed E-state index contributed by atoms with van der Waals surface area (Å²) in [6.45, 7) is 13.0. The van der Waals surface area contributed by atoms with E-state index in [1.807, 2.05) is 12.4 Å². The van der Waals surface area contributed by atoms with Gasteiger partial charge >= 0.3 is 0 Å². The van der Waals surface area contributed by atoms with E-state index >= 15 is 0 Å². The third kappa shape index (κ3) is 5.43. The van der Waals surface area contributed by atoms with Gasteiger partial charge < -0.3 is 15.0 Å². The van der Waals surface area contributed by atoms with Crippen molar-refractivity contribution in [1.82, 2.24) is 15.3 Å². The summed E-state index contributed by atoms with van der Waals surface area (Å²) in [5.41, 5.74) is 1.19. The van der Waals surface area contributed by atoms with Crippen LogP contribution in [0.2, 0.25) is 0 Å². The zero-order valence-electron chi connectivity index (χ0n) is 13.6. The highest BCUT2D eigenvalue weighted by atomic mass is 16.5. The van der Waals surface area contributed by atoms with E-state index < -0.39 is 0 Å². The van der Waals surface area contributed by atoms with Gasteiger partial charge in [0, 0.05) is 43.7 Å². The molecule has 0 fully saturated rings. The first-order valence-corrected chi connectivity index (χ1v) is 7.19. The van der Waals surface area contributed by atoms with E-state index in [9.17, 15) is 0 Å². The van der Waals surface area contributed by atoms with Gasteiger partial charge in [0.15, 0.2) is 0 Å². The third-order valence-electron chi connectivity index (χ3n) is 3.05. The van der Waals surface area contributed by atoms with Crippen molar-refractivity contribution in [2.24, 2.45) is 0 Å². The molecular formula is C15H28N4O. The maximum absolute atomic E-state index is 5.20. The second kappa shape index (κ2) is 7.55. The highest BCUT2D eigenvalue weighted by Crippen LogP contribution is 2.11. The molecule has 0 saturated carbocycles. The van der Waals surface area contributed by atoms with Gasteiger partial charge in [-0.1, -0.05) is 0 Å². The molecule has 0 aliphatic heterocycles. The van der Waals surface area contributed by atoms with Gasteiger partial charge in [0.05, 0.1) is 12.6 Å². The second-order valence-corrected chi connectivity index (χ2v) is 6.09. The zero-order chi connectivity index (χ0) is 15.2. The van der Waals surface area contributed by atoms with Crippen LogP contribution in [0.4, 0.5) is 5.95 Å². The van der Waals surface area contributed by atoms with Crippen LogP contribution >= 0.6 is 0 Å². The minimum absolute atomic E-state index is 0.0983. The summed E-state index contributed by atoms with van der Waals surface area (Å²) in [6, 6.07) is 0.267. The van der Waals surface area contributed by atoms with Gasteiger partial charge in [-0.15, -0.1) is 0 Å². The van der Waals surface area contributed by atoms with Crippen LogP contribution in [0.25, 0.3) is 0 Å². The number of rotatable bonds is 7. The molecule has 0 amide bonds. The Morgan fingerprint density at radius 2 is 1.90 bits per heavy atom. The smallest absolute Gasteiger partial charge is 0.225 e. The molecule has 0 aliphatic rings. The Labute approximate surface area is 122 Å². The van der Waals surface area contributed by atoms with E-state index in [-0.39, 0.29) is 11.6 Å². The van der Waals surface area contributed by atoms with Crippen molar-refractivity contribution in [2.45, 2.75) is 52.7 Å². The molecule has 5 nitrogen and oxygen atoms in total. The number of nitrogens with zero attached hydrogens (tertiary/aromatic N) is 3. The Morgan fingerprint density at radius 3 is 2.35 bits per heavy atom. The maximum Gasteiger partial charge on any atom is 0.225 e. The molecule has 0 radical (unpaired) electrons. The lowest BCUT2D eigenvalue weighted by Gasteiger charge is -2.27. The predicted octanol–water partition coefficient (Wildman–Crippen LogP) is 2.23. The zero-order valence-corrected chi connectivity index (χ0v) is 13.6. The normalized spacial score (nSPS) is 13.3. The number of anilines is 1. The van der Waals surface area contributed by atoms with Crippen LogP contribution in [0.15, 0.2) is 12.4 Å². The van der Waals surface area contributed by atoms with Gasteiger partial charge in [0.25, 0.3) is 0 Å². The van der Waals surface area contributed by atoms with E-state index in [0.29, 0.717) is 6.61 Å². The van der Waals surface area contributed by atoms with E-state index in [1.54, 1.807) is 7.11 Å². The first kappa shape index (κ1) is 16.9. The monoisotopic (exact) mass is 280 g/mol. The molecule has 1 aromatic heterocycles. The molecule has 0 bridgehead atoms. The van der Waals surface area contributed by atoms with Crippen molar-refractivity contribution in [3.05, 3.63) is 18.0 Å². The molecule has 0 aliphatic carbocycles. The summed E-state index contributed by atoms with van der Waals surface area (Å²) < 4.78 is 5.20. The second-order valence-electron chi connectivity index (χ2n) is 6.09. The lowest BCUT2D eigenvalue weighted by Crippen LogP contribution is -2.37. The van der Waals surface area contributed by atoms with Crippen LogP contribution < -0.4 is 10.2 Å². The van der Waals surface area contributed by atoms with Crippen LogP contribution in [-0.2, 0) is 11.3 Å². The van der Waals surface area contributed by atoms with E-state index in [0.717, 1.165) is 24.6 Å². The van der Waals surface area contributed by atoms with Crippen LogP contribution in [-0.4, -0.2) is 41.8 Å². The molecule has 1 rings (SSSR count). The number of hydrogen-bond acceptors (Lipinski definition) is 5.